The first kappa shape index (κ1) is 14.1. The summed E-state index contributed by atoms with van der Waals surface area (Å²) in [5, 5.41) is 7.83. The van der Waals surface area contributed by atoms with Crippen LogP contribution in [0.25, 0.3) is 0 Å². The summed E-state index contributed by atoms with van der Waals surface area (Å²) in [7, 11) is 3.74. The van der Waals surface area contributed by atoms with E-state index < -0.39 is 0 Å². The van der Waals surface area contributed by atoms with Crippen molar-refractivity contribution in [2.24, 2.45) is 0 Å². The summed E-state index contributed by atoms with van der Waals surface area (Å²) in [6, 6.07) is 4.50. The highest BCUT2D eigenvalue weighted by atomic mass is 32.1. The largest absolute Gasteiger partial charge is 0.496 e. The monoisotopic (exact) mass is 275 g/mol. The van der Waals surface area contributed by atoms with Gasteiger partial charge < -0.3 is 10.1 Å². The summed E-state index contributed by atoms with van der Waals surface area (Å²) < 4.78 is 5.59. The van der Waals surface area contributed by atoms with Crippen LogP contribution in [0.3, 0.4) is 0 Å². The molecule has 1 atom stereocenters. The van der Waals surface area contributed by atoms with Gasteiger partial charge in [-0.05, 0) is 66.9 Å². The Bertz CT molecular complexity index is 574. The first-order valence-corrected chi connectivity index (χ1v) is 7.37. The Morgan fingerprint density at radius 1 is 1.11 bits per heavy atom. The van der Waals surface area contributed by atoms with Gasteiger partial charge in [-0.2, -0.15) is 11.3 Å². The van der Waals surface area contributed by atoms with E-state index in [1.807, 2.05) is 7.05 Å². The highest BCUT2D eigenvalue weighted by molar-refractivity contribution is 7.08. The lowest BCUT2D eigenvalue weighted by atomic mass is 9.92. The van der Waals surface area contributed by atoms with E-state index in [0.717, 1.165) is 5.75 Å². The van der Waals surface area contributed by atoms with E-state index in [2.05, 4.69) is 49.0 Å². The minimum absolute atomic E-state index is 0.182. The van der Waals surface area contributed by atoms with Gasteiger partial charge in [0.05, 0.1) is 13.2 Å². The molecule has 0 spiro atoms. The first-order chi connectivity index (χ1) is 9.08. The first-order valence-electron chi connectivity index (χ1n) is 6.43. The summed E-state index contributed by atoms with van der Waals surface area (Å²) in [5.74, 6) is 0.961. The molecule has 0 aliphatic rings. The van der Waals surface area contributed by atoms with Gasteiger partial charge in [-0.25, -0.2) is 0 Å². The van der Waals surface area contributed by atoms with Crippen LogP contribution in [-0.2, 0) is 0 Å². The summed E-state index contributed by atoms with van der Waals surface area (Å²) in [6.07, 6.45) is 0. The Kier molecular flexibility index (Phi) is 4.27. The number of hydrogen-bond donors (Lipinski definition) is 1. The summed E-state index contributed by atoms with van der Waals surface area (Å²) in [6.45, 7) is 6.41. The molecule has 1 heterocycles. The van der Waals surface area contributed by atoms with Gasteiger partial charge in [-0.15, -0.1) is 0 Å². The van der Waals surface area contributed by atoms with Crippen LogP contribution in [0.2, 0.25) is 0 Å². The van der Waals surface area contributed by atoms with Crippen molar-refractivity contribution in [2.75, 3.05) is 14.2 Å². The van der Waals surface area contributed by atoms with Crippen LogP contribution in [-0.4, -0.2) is 14.2 Å². The predicted molar refractivity (Wildman–Crippen MR) is 82.4 cm³/mol. The number of benzene rings is 1. The van der Waals surface area contributed by atoms with E-state index in [0.29, 0.717) is 0 Å². The quantitative estimate of drug-likeness (QED) is 0.911. The molecule has 1 unspecified atom stereocenters. The van der Waals surface area contributed by atoms with Crippen LogP contribution >= 0.6 is 11.3 Å². The molecule has 3 heteroatoms. The van der Waals surface area contributed by atoms with Crippen LogP contribution in [0.1, 0.15) is 33.9 Å². The standard InChI is InChI=1S/C16H21NOS/c1-10-6-11(2)15(14(7-10)18-5)16(17-4)13-9-19-8-12(13)3/h6-9,16-17H,1-5H3. The molecular formula is C16H21NOS. The fraction of sp³-hybridized carbons (Fsp3) is 0.375. The van der Waals surface area contributed by atoms with Crippen molar-refractivity contribution in [3.63, 3.8) is 0 Å². The van der Waals surface area contributed by atoms with E-state index in [9.17, 15) is 0 Å². The Morgan fingerprint density at radius 2 is 1.84 bits per heavy atom. The van der Waals surface area contributed by atoms with Gasteiger partial charge in [0.15, 0.2) is 0 Å². The molecule has 2 rings (SSSR count). The molecule has 19 heavy (non-hydrogen) atoms. The lowest BCUT2D eigenvalue weighted by molar-refractivity contribution is 0.404. The predicted octanol–water partition coefficient (Wildman–Crippen LogP) is 3.99. The fourth-order valence-corrected chi connectivity index (χ4v) is 3.48. The molecule has 2 nitrogen and oxygen atoms in total. The number of ether oxygens (including phenoxy) is 1. The smallest absolute Gasteiger partial charge is 0.124 e. The average Bonchev–Trinajstić information content (AvgIpc) is 2.78. The van der Waals surface area contributed by atoms with Gasteiger partial charge in [-0.1, -0.05) is 6.07 Å². The summed E-state index contributed by atoms with van der Waals surface area (Å²) >= 11 is 1.75. The van der Waals surface area contributed by atoms with Gasteiger partial charge in [0.25, 0.3) is 0 Å². The van der Waals surface area contributed by atoms with Crippen LogP contribution < -0.4 is 10.1 Å². The van der Waals surface area contributed by atoms with Crippen molar-refractivity contribution >= 4 is 11.3 Å². The second kappa shape index (κ2) is 5.76. The zero-order valence-electron chi connectivity index (χ0n) is 12.2. The van der Waals surface area contributed by atoms with Gasteiger partial charge in [0.1, 0.15) is 5.75 Å². The molecule has 2 aromatic rings. The molecular weight excluding hydrogens is 254 g/mol. The van der Waals surface area contributed by atoms with Crippen molar-refractivity contribution in [3.05, 3.63) is 50.7 Å². The molecule has 0 bridgehead atoms. The molecule has 1 aromatic heterocycles. The van der Waals surface area contributed by atoms with Crippen molar-refractivity contribution < 1.29 is 4.74 Å². The van der Waals surface area contributed by atoms with Crippen LogP contribution in [0.15, 0.2) is 22.9 Å². The van der Waals surface area contributed by atoms with Crippen molar-refractivity contribution in [2.45, 2.75) is 26.8 Å². The lowest BCUT2D eigenvalue weighted by Crippen LogP contribution is -2.20. The van der Waals surface area contributed by atoms with Crippen LogP contribution in [0.4, 0.5) is 0 Å². The van der Waals surface area contributed by atoms with E-state index in [1.54, 1.807) is 18.4 Å². The molecule has 0 aliphatic carbocycles. The molecule has 1 N–H and O–H groups in total. The number of thiophene rings is 1. The number of nitrogens with one attached hydrogen (secondary N) is 1. The molecule has 0 saturated heterocycles. The van der Waals surface area contributed by atoms with Crippen LogP contribution in [0, 0.1) is 20.8 Å². The zero-order chi connectivity index (χ0) is 14.0. The fourth-order valence-electron chi connectivity index (χ4n) is 2.60. The number of aryl methyl sites for hydroxylation is 3. The number of methoxy groups -OCH3 is 1. The molecule has 1 aromatic carbocycles. The van der Waals surface area contributed by atoms with Crippen molar-refractivity contribution in [3.8, 4) is 5.75 Å². The summed E-state index contributed by atoms with van der Waals surface area (Å²) in [5.41, 5.74) is 6.39. The molecule has 102 valence electrons. The lowest BCUT2D eigenvalue weighted by Gasteiger charge is -2.22. The van der Waals surface area contributed by atoms with Crippen molar-refractivity contribution in [1.82, 2.24) is 5.32 Å². The maximum atomic E-state index is 5.59. The van der Waals surface area contributed by atoms with E-state index in [4.69, 9.17) is 4.74 Å². The van der Waals surface area contributed by atoms with Gasteiger partial charge >= 0.3 is 0 Å². The second-order valence-electron chi connectivity index (χ2n) is 4.93. The number of rotatable bonds is 4. The van der Waals surface area contributed by atoms with E-state index in [-0.39, 0.29) is 6.04 Å². The maximum Gasteiger partial charge on any atom is 0.124 e. The highest BCUT2D eigenvalue weighted by Crippen LogP contribution is 2.35. The minimum atomic E-state index is 0.182. The van der Waals surface area contributed by atoms with Gasteiger partial charge in [-0.3, -0.25) is 0 Å². The molecule has 0 fully saturated rings. The Balaban J connectivity index is 2.59. The minimum Gasteiger partial charge on any atom is -0.496 e. The maximum absolute atomic E-state index is 5.59. The highest BCUT2D eigenvalue weighted by Gasteiger charge is 2.21. The topological polar surface area (TPSA) is 21.3 Å². The van der Waals surface area contributed by atoms with Gasteiger partial charge in [0, 0.05) is 5.56 Å². The second-order valence-corrected chi connectivity index (χ2v) is 5.67. The third kappa shape index (κ3) is 2.67. The number of hydrogen-bond acceptors (Lipinski definition) is 3. The SMILES string of the molecule is CNC(c1cscc1C)c1c(C)cc(C)cc1OC. The summed E-state index contributed by atoms with van der Waals surface area (Å²) in [4.78, 5) is 0. The Hall–Kier alpha value is -1.32. The Morgan fingerprint density at radius 3 is 2.37 bits per heavy atom. The van der Waals surface area contributed by atoms with Crippen molar-refractivity contribution in [1.29, 1.82) is 0 Å². The van der Waals surface area contributed by atoms with E-state index >= 15 is 0 Å². The normalized spacial score (nSPS) is 12.5. The molecule has 0 amide bonds. The molecule has 0 saturated carbocycles. The van der Waals surface area contributed by atoms with Gasteiger partial charge in [0.2, 0.25) is 0 Å². The van der Waals surface area contributed by atoms with Crippen LogP contribution in [0.5, 0.6) is 5.75 Å². The average molecular weight is 275 g/mol. The third-order valence-electron chi connectivity index (χ3n) is 3.50. The van der Waals surface area contributed by atoms with E-state index in [1.165, 1.54) is 27.8 Å². The Labute approximate surface area is 119 Å². The molecule has 0 radical (unpaired) electrons. The zero-order valence-corrected chi connectivity index (χ0v) is 13.0. The molecule has 0 aliphatic heterocycles. The third-order valence-corrected chi connectivity index (χ3v) is 4.38.